The number of hydrogen-bond donors (Lipinski definition) is 1. The van der Waals surface area contributed by atoms with Crippen molar-refractivity contribution in [2.24, 2.45) is 12.0 Å². The lowest BCUT2D eigenvalue weighted by Crippen LogP contribution is -2.40. The number of aryl methyl sites for hydroxylation is 1. The molecule has 0 aliphatic carbocycles. The van der Waals surface area contributed by atoms with Gasteiger partial charge >= 0.3 is 0 Å². The molecule has 1 saturated heterocycles. The van der Waals surface area contributed by atoms with E-state index in [9.17, 15) is 0 Å². The van der Waals surface area contributed by atoms with Crippen LogP contribution < -0.4 is 14.8 Å². The van der Waals surface area contributed by atoms with Gasteiger partial charge in [-0.25, -0.2) is 0 Å². The van der Waals surface area contributed by atoms with Gasteiger partial charge in [0, 0.05) is 45.3 Å². The van der Waals surface area contributed by atoms with Crippen LogP contribution in [0.25, 0.3) is 0 Å². The van der Waals surface area contributed by atoms with Gasteiger partial charge in [0.25, 0.3) is 0 Å². The molecule has 0 spiro atoms. The lowest BCUT2D eigenvalue weighted by molar-refractivity contribution is 0.174. The summed E-state index contributed by atoms with van der Waals surface area (Å²) in [5.41, 5.74) is 2.53. The van der Waals surface area contributed by atoms with Crippen LogP contribution in [0.2, 0.25) is 0 Å². The molecule has 144 valence electrons. The Morgan fingerprint density at radius 1 is 1.33 bits per heavy atom. The molecular formula is C20H27N5O2. The van der Waals surface area contributed by atoms with Crippen molar-refractivity contribution in [1.82, 2.24) is 20.0 Å². The SMILES string of the molecule is CCNC(=NCCc1ccc2c(c1)OCO2)N1CCC(c2cnn(C)c2)C1. The van der Waals surface area contributed by atoms with Crippen molar-refractivity contribution in [3.05, 3.63) is 41.7 Å². The third kappa shape index (κ3) is 4.02. The third-order valence-corrected chi connectivity index (χ3v) is 5.12. The Balaban J connectivity index is 1.37. The molecule has 1 unspecified atom stereocenters. The van der Waals surface area contributed by atoms with Crippen LogP contribution in [-0.2, 0) is 13.5 Å². The molecule has 1 N–H and O–H groups in total. The summed E-state index contributed by atoms with van der Waals surface area (Å²) < 4.78 is 12.7. The molecule has 1 aromatic carbocycles. The highest BCUT2D eigenvalue weighted by Crippen LogP contribution is 2.32. The molecule has 7 nitrogen and oxygen atoms in total. The predicted molar refractivity (Wildman–Crippen MR) is 104 cm³/mol. The van der Waals surface area contributed by atoms with Crippen molar-refractivity contribution in [2.75, 3.05) is 33.0 Å². The zero-order valence-electron chi connectivity index (χ0n) is 16.0. The van der Waals surface area contributed by atoms with E-state index in [-0.39, 0.29) is 0 Å². The first kappa shape index (κ1) is 17.7. The highest BCUT2D eigenvalue weighted by molar-refractivity contribution is 5.80. The van der Waals surface area contributed by atoms with E-state index in [1.165, 1.54) is 11.1 Å². The van der Waals surface area contributed by atoms with Crippen LogP contribution >= 0.6 is 0 Å². The molecule has 7 heteroatoms. The highest BCUT2D eigenvalue weighted by atomic mass is 16.7. The van der Waals surface area contributed by atoms with Crippen LogP contribution in [0.1, 0.15) is 30.4 Å². The van der Waals surface area contributed by atoms with Crippen molar-refractivity contribution < 1.29 is 9.47 Å². The number of ether oxygens (including phenoxy) is 2. The summed E-state index contributed by atoms with van der Waals surface area (Å²) >= 11 is 0. The van der Waals surface area contributed by atoms with E-state index in [0.717, 1.165) is 56.5 Å². The summed E-state index contributed by atoms with van der Waals surface area (Å²) in [6, 6.07) is 6.12. The number of aromatic nitrogens is 2. The van der Waals surface area contributed by atoms with Gasteiger partial charge in [0.15, 0.2) is 17.5 Å². The number of benzene rings is 1. The molecule has 0 saturated carbocycles. The number of aliphatic imine (C=N–C) groups is 1. The highest BCUT2D eigenvalue weighted by Gasteiger charge is 2.26. The molecule has 3 heterocycles. The Labute approximate surface area is 160 Å². The maximum absolute atomic E-state index is 5.46. The Hall–Kier alpha value is -2.70. The summed E-state index contributed by atoms with van der Waals surface area (Å²) in [5.74, 6) is 3.19. The number of fused-ring (bicyclic) bond motifs is 1. The van der Waals surface area contributed by atoms with Crippen LogP contribution in [0.5, 0.6) is 11.5 Å². The maximum Gasteiger partial charge on any atom is 0.231 e. The second-order valence-corrected chi connectivity index (χ2v) is 7.05. The average molecular weight is 369 g/mol. The molecule has 4 rings (SSSR count). The fraction of sp³-hybridized carbons (Fsp3) is 0.500. The van der Waals surface area contributed by atoms with Gasteiger partial charge in [0.05, 0.1) is 6.20 Å². The normalized spacial score (nSPS) is 19.0. The summed E-state index contributed by atoms with van der Waals surface area (Å²) in [5, 5.41) is 7.75. The minimum absolute atomic E-state index is 0.314. The van der Waals surface area contributed by atoms with Gasteiger partial charge in [-0.05, 0) is 43.0 Å². The summed E-state index contributed by atoms with van der Waals surface area (Å²) in [7, 11) is 1.97. The van der Waals surface area contributed by atoms with Gasteiger partial charge in [0.2, 0.25) is 6.79 Å². The maximum atomic E-state index is 5.46. The van der Waals surface area contributed by atoms with Crippen LogP contribution in [0.3, 0.4) is 0 Å². The number of guanidine groups is 1. The van der Waals surface area contributed by atoms with Gasteiger partial charge < -0.3 is 19.7 Å². The van der Waals surface area contributed by atoms with Gasteiger partial charge in [0.1, 0.15) is 0 Å². The van der Waals surface area contributed by atoms with Gasteiger partial charge in [-0.1, -0.05) is 6.07 Å². The number of likely N-dealkylation sites (tertiary alicyclic amines) is 1. The lowest BCUT2D eigenvalue weighted by Gasteiger charge is -2.21. The molecule has 0 amide bonds. The summed E-state index contributed by atoms with van der Waals surface area (Å²) in [6.07, 6.45) is 6.12. The standard InChI is InChI=1S/C20H27N5O2/c1-3-21-20(25-9-7-16(13-25)17-11-23-24(2)12-17)22-8-6-15-4-5-18-19(10-15)27-14-26-18/h4-5,10-12,16H,3,6-9,13-14H2,1-2H3,(H,21,22). The molecule has 2 aliphatic rings. The van der Waals surface area contributed by atoms with Gasteiger partial charge in [-0.2, -0.15) is 5.10 Å². The molecule has 2 aromatic rings. The largest absolute Gasteiger partial charge is 0.454 e. The van der Waals surface area contributed by atoms with E-state index >= 15 is 0 Å². The van der Waals surface area contributed by atoms with Crippen molar-refractivity contribution in [2.45, 2.75) is 25.7 Å². The van der Waals surface area contributed by atoms with E-state index in [0.29, 0.717) is 12.7 Å². The zero-order valence-corrected chi connectivity index (χ0v) is 16.0. The number of hydrogen-bond acceptors (Lipinski definition) is 4. The summed E-state index contributed by atoms with van der Waals surface area (Å²) in [6.45, 7) is 6.06. The van der Waals surface area contributed by atoms with Crippen molar-refractivity contribution in [3.8, 4) is 11.5 Å². The van der Waals surface area contributed by atoms with E-state index < -0.39 is 0 Å². The molecule has 0 radical (unpaired) electrons. The smallest absolute Gasteiger partial charge is 0.231 e. The van der Waals surface area contributed by atoms with Crippen molar-refractivity contribution in [3.63, 3.8) is 0 Å². The monoisotopic (exact) mass is 369 g/mol. The average Bonchev–Trinajstić information content (AvgIpc) is 3.40. The minimum atomic E-state index is 0.314. The number of rotatable bonds is 5. The topological polar surface area (TPSA) is 63.9 Å². The zero-order chi connectivity index (χ0) is 18.6. The van der Waals surface area contributed by atoms with Crippen LogP contribution in [0.4, 0.5) is 0 Å². The number of nitrogens with one attached hydrogen (secondary N) is 1. The van der Waals surface area contributed by atoms with Crippen LogP contribution in [-0.4, -0.2) is 53.6 Å². The molecule has 1 fully saturated rings. The first-order valence-electron chi connectivity index (χ1n) is 9.63. The molecule has 27 heavy (non-hydrogen) atoms. The second kappa shape index (κ2) is 7.90. The van der Waals surface area contributed by atoms with Gasteiger partial charge in [-0.3, -0.25) is 9.67 Å². The molecule has 0 bridgehead atoms. The quantitative estimate of drug-likeness (QED) is 0.646. The Kier molecular flexibility index (Phi) is 5.18. The summed E-state index contributed by atoms with van der Waals surface area (Å²) in [4.78, 5) is 7.22. The van der Waals surface area contributed by atoms with Gasteiger partial charge in [-0.15, -0.1) is 0 Å². The van der Waals surface area contributed by atoms with E-state index in [1.54, 1.807) is 0 Å². The van der Waals surface area contributed by atoms with Crippen LogP contribution in [0.15, 0.2) is 35.6 Å². The minimum Gasteiger partial charge on any atom is -0.454 e. The Bertz CT molecular complexity index is 816. The van der Waals surface area contributed by atoms with Crippen molar-refractivity contribution in [1.29, 1.82) is 0 Å². The third-order valence-electron chi connectivity index (χ3n) is 5.12. The Morgan fingerprint density at radius 2 is 2.22 bits per heavy atom. The predicted octanol–water partition coefficient (Wildman–Crippen LogP) is 2.15. The van der Waals surface area contributed by atoms with Crippen molar-refractivity contribution >= 4 is 5.96 Å². The fourth-order valence-corrected chi connectivity index (χ4v) is 3.69. The van der Waals surface area contributed by atoms with E-state index in [4.69, 9.17) is 14.5 Å². The van der Waals surface area contributed by atoms with E-state index in [2.05, 4.69) is 40.6 Å². The molecular weight excluding hydrogens is 342 g/mol. The molecule has 1 atom stereocenters. The fourth-order valence-electron chi connectivity index (χ4n) is 3.69. The first-order valence-corrected chi connectivity index (χ1v) is 9.63. The first-order chi connectivity index (χ1) is 13.2. The lowest BCUT2D eigenvalue weighted by atomic mass is 10.0. The Morgan fingerprint density at radius 3 is 3.04 bits per heavy atom. The van der Waals surface area contributed by atoms with Crippen LogP contribution in [0, 0.1) is 0 Å². The second-order valence-electron chi connectivity index (χ2n) is 7.05. The number of nitrogens with zero attached hydrogens (tertiary/aromatic N) is 4. The van der Waals surface area contributed by atoms with E-state index in [1.807, 2.05) is 24.0 Å². The molecule has 1 aromatic heterocycles. The molecule has 2 aliphatic heterocycles.